The molecule has 0 aliphatic carbocycles. The van der Waals surface area contributed by atoms with Gasteiger partial charge in [0.25, 0.3) is 5.91 Å². The maximum atomic E-state index is 12.4. The molecule has 0 fully saturated rings. The number of alkyl halides is 5. The van der Waals surface area contributed by atoms with Crippen LogP contribution in [0.3, 0.4) is 0 Å². The van der Waals surface area contributed by atoms with Crippen molar-refractivity contribution in [2.75, 3.05) is 6.54 Å². The van der Waals surface area contributed by atoms with E-state index in [9.17, 15) is 31.5 Å². The molecular formula is C8H10F5NO3. The largest absolute Gasteiger partial charge is 0.481 e. The molecule has 0 aromatic carbocycles. The zero-order valence-corrected chi connectivity index (χ0v) is 8.86. The van der Waals surface area contributed by atoms with Gasteiger partial charge in [-0.15, -0.1) is 0 Å². The summed E-state index contributed by atoms with van der Waals surface area (Å²) >= 11 is 0. The average molecular weight is 263 g/mol. The van der Waals surface area contributed by atoms with Gasteiger partial charge in [0.2, 0.25) is 0 Å². The Labute approximate surface area is 92.8 Å². The third kappa shape index (κ3) is 3.53. The van der Waals surface area contributed by atoms with Crippen molar-refractivity contribution in [1.29, 1.82) is 0 Å². The van der Waals surface area contributed by atoms with Crippen LogP contribution in [0, 0.1) is 5.41 Å². The standard InChI is InChI=1S/C8H10F5NO3/c1-6(2,5(16)17)3-14-4(15)7(9,10)8(11,12)13/h3H2,1-2H3,(H,14,15)(H,16,17). The highest BCUT2D eigenvalue weighted by atomic mass is 19.4. The number of hydrogen-bond acceptors (Lipinski definition) is 2. The lowest BCUT2D eigenvalue weighted by molar-refractivity contribution is -0.269. The van der Waals surface area contributed by atoms with Gasteiger partial charge in [-0.3, -0.25) is 9.59 Å². The normalized spacial score (nSPS) is 13.4. The van der Waals surface area contributed by atoms with Gasteiger partial charge >= 0.3 is 18.1 Å². The highest BCUT2D eigenvalue weighted by Crippen LogP contribution is 2.35. The van der Waals surface area contributed by atoms with Crippen molar-refractivity contribution in [3.63, 3.8) is 0 Å². The molecule has 0 heterocycles. The molecule has 9 heteroatoms. The Hall–Kier alpha value is -1.41. The zero-order valence-electron chi connectivity index (χ0n) is 8.86. The molecule has 0 bridgehead atoms. The van der Waals surface area contributed by atoms with Crippen LogP contribution in [0.2, 0.25) is 0 Å². The van der Waals surface area contributed by atoms with Crippen molar-refractivity contribution in [3.8, 4) is 0 Å². The Morgan fingerprint density at radius 3 is 1.82 bits per heavy atom. The molecule has 0 radical (unpaired) electrons. The molecule has 100 valence electrons. The number of amides is 1. The zero-order chi connectivity index (χ0) is 14.1. The molecular weight excluding hydrogens is 253 g/mol. The van der Waals surface area contributed by atoms with Crippen molar-refractivity contribution < 1.29 is 36.6 Å². The van der Waals surface area contributed by atoms with Crippen LogP contribution in [0.5, 0.6) is 0 Å². The van der Waals surface area contributed by atoms with Crippen LogP contribution in [0.15, 0.2) is 0 Å². The first-order valence-electron chi connectivity index (χ1n) is 4.28. The number of carboxylic acids is 1. The Morgan fingerprint density at radius 2 is 1.53 bits per heavy atom. The number of carboxylic acid groups (broad SMARTS) is 1. The SMILES string of the molecule is CC(C)(CNC(=O)C(F)(F)C(F)(F)F)C(=O)O. The fraction of sp³-hybridized carbons (Fsp3) is 0.750. The number of rotatable bonds is 4. The molecule has 2 N–H and O–H groups in total. The van der Waals surface area contributed by atoms with E-state index in [0.29, 0.717) is 0 Å². The Morgan fingerprint density at radius 1 is 1.12 bits per heavy atom. The van der Waals surface area contributed by atoms with Crippen LogP contribution in [-0.4, -0.2) is 35.6 Å². The van der Waals surface area contributed by atoms with E-state index >= 15 is 0 Å². The monoisotopic (exact) mass is 263 g/mol. The summed E-state index contributed by atoms with van der Waals surface area (Å²) in [6, 6.07) is 0. The van der Waals surface area contributed by atoms with E-state index in [2.05, 4.69) is 0 Å². The molecule has 0 aliphatic rings. The summed E-state index contributed by atoms with van der Waals surface area (Å²) in [5.74, 6) is -9.55. The maximum absolute atomic E-state index is 12.4. The Balaban J connectivity index is 4.64. The first-order valence-corrected chi connectivity index (χ1v) is 4.28. The van der Waals surface area contributed by atoms with Crippen molar-refractivity contribution in [3.05, 3.63) is 0 Å². The van der Waals surface area contributed by atoms with Gasteiger partial charge in [0, 0.05) is 6.54 Å². The van der Waals surface area contributed by atoms with Gasteiger partial charge in [-0.05, 0) is 13.8 Å². The van der Waals surface area contributed by atoms with Gasteiger partial charge in [-0.1, -0.05) is 0 Å². The second-order valence-electron chi connectivity index (χ2n) is 3.94. The molecule has 0 spiro atoms. The lowest BCUT2D eigenvalue weighted by Crippen LogP contribution is -2.52. The maximum Gasteiger partial charge on any atom is 0.463 e. The van der Waals surface area contributed by atoms with E-state index in [1.165, 1.54) is 5.32 Å². The van der Waals surface area contributed by atoms with Crippen LogP contribution in [0.4, 0.5) is 22.0 Å². The summed E-state index contributed by atoms with van der Waals surface area (Å²) in [7, 11) is 0. The number of carbonyl (C=O) groups is 2. The summed E-state index contributed by atoms with van der Waals surface area (Å²) in [6.45, 7) is 1.30. The number of aliphatic carboxylic acids is 1. The van der Waals surface area contributed by atoms with E-state index in [0.717, 1.165) is 13.8 Å². The minimum Gasteiger partial charge on any atom is -0.481 e. The molecule has 0 saturated heterocycles. The highest BCUT2D eigenvalue weighted by Gasteiger charge is 2.63. The van der Waals surface area contributed by atoms with Crippen LogP contribution < -0.4 is 5.32 Å². The minimum atomic E-state index is -6.01. The topological polar surface area (TPSA) is 66.4 Å². The molecule has 0 atom stereocenters. The summed E-state index contributed by atoms with van der Waals surface area (Å²) in [4.78, 5) is 21.1. The van der Waals surface area contributed by atoms with Crippen molar-refractivity contribution in [2.45, 2.75) is 25.9 Å². The number of halogens is 5. The first-order chi connectivity index (χ1) is 7.32. The predicted molar refractivity (Wildman–Crippen MR) is 45.4 cm³/mol. The summed E-state index contributed by atoms with van der Waals surface area (Å²) in [5, 5.41) is 9.82. The van der Waals surface area contributed by atoms with Gasteiger partial charge < -0.3 is 10.4 Å². The molecule has 0 aliphatic heterocycles. The van der Waals surface area contributed by atoms with E-state index < -0.39 is 35.9 Å². The van der Waals surface area contributed by atoms with E-state index in [1.54, 1.807) is 0 Å². The number of carbonyl (C=O) groups excluding carboxylic acids is 1. The van der Waals surface area contributed by atoms with Gasteiger partial charge in [0.1, 0.15) is 0 Å². The molecule has 0 aromatic heterocycles. The molecule has 0 aromatic rings. The molecule has 1 amide bonds. The third-order valence-corrected chi connectivity index (χ3v) is 1.91. The first kappa shape index (κ1) is 15.6. The molecule has 0 rings (SSSR count). The van der Waals surface area contributed by atoms with Crippen LogP contribution in [0.25, 0.3) is 0 Å². The quantitative estimate of drug-likeness (QED) is 0.754. The lowest BCUT2D eigenvalue weighted by Gasteiger charge is -2.23. The van der Waals surface area contributed by atoms with E-state index in [-0.39, 0.29) is 0 Å². The van der Waals surface area contributed by atoms with E-state index in [1.807, 2.05) is 0 Å². The highest BCUT2D eigenvalue weighted by molar-refractivity contribution is 5.85. The number of hydrogen-bond donors (Lipinski definition) is 2. The van der Waals surface area contributed by atoms with Crippen LogP contribution in [0.1, 0.15) is 13.8 Å². The lowest BCUT2D eigenvalue weighted by atomic mass is 9.94. The average Bonchev–Trinajstić information content (AvgIpc) is 2.12. The van der Waals surface area contributed by atoms with Gasteiger partial charge in [0.15, 0.2) is 0 Å². The van der Waals surface area contributed by atoms with Crippen molar-refractivity contribution in [2.24, 2.45) is 5.41 Å². The van der Waals surface area contributed by atoms with E-state index in [4.69, 9.17) is 5.11 Å². The van der Waals surface area contributed by atoms with Gasteiger partial charge in [0.05, 0.1) is 5.41 Å². The number of nitrogens with one attached hydrogen (secondary N) is 1. The van der Waals surface area contributed by atoms with Crippen molar-refractivity contribution >= 4 is 11.9 Å². The van der Waals surface area contributed by atoms with Crippen LogP contribution in [-0.2, 0) is 9.59 Å². The van der Waals surface area contributed by atoms with Crippen LogP contribution >= 0.6 is 0 Å². The molecule has 0 unspecified atom stereocenters. The van der Waals surface area contributed by atoms with Crippen molar-refractivity contribution in [1.82, 2.24) is 5.32 Å². The summed E-state index contributed by atoms with van der Waals surface area (Å²) in [5.41, 5.74) is -1.64. The molecule has 17 heavy (non-hydrogen) atoms. The predicted octanol–water partition coefficient (Wildman–Crippen LogP) is 1.41. The Bertz CT molecular complexity index is 324. The summed E-state index contributed by atoms with van der Waals surface area (Å²) < 4.78 is 60.0. The fourth-order valence-electron chi connectivity index (χ4n) is 0.617. The Kier molecular flexibility index (Phi) is 4.09. The van der Waals surface area contributed by atoms with Gasteiger partial charge in [-0.25, -0.2) is 0 Å². The molecule has 0 saturated carbocycles. The minimum absolute atomic E-state index is 0.840. The second-order valence-corrected chi connectivity index (χ2v) is 3.94. The smallest absolute Gasteiger partial charge is 0.463 e. The fourth-order valence-corrected chi connectivity index (χ4v) is 0.617. The molecule has 4 nitrogen and oxygen atoms in total. The van der Waals surface area contributed by atoms with Gasteiger partial charge in [-0.2, -0.15) is 22.0 Å². The summed E-state index contributed by atoms with van der Waals surface area (Å²) in [6.07, 6.45) is -6.01. The third-order valence-electron chi connectivity index (χ3n) is 1.91. The second kappa shape index (κ2) is 4.46.